The van der Waals surface area contributed by atoms with E-state index in [1.165, 1.54) is 11.3 Å². The molecule has 0 aliphatic rings. The number of para-hydroxylation sites is 1. The molecule has 0 unspecified atom stereocenters. The molecule has 1 aromatic heterocycles. The second kappa shape index (κ2) is 9.25. The molecular weight excluding hydrogens is 442 g/mol. The minimum atomic E-state index is -0.390. The Morgan fingerprint density at radius 2 is 1.59 bits per heavy atom. The number of hydrogen-bond acceptors (Lipinski definition) is 5. The molecule has 3 aromatic carbocycles. The van der Waals surface area contributed by atoms with Gasteiger partial charge in [-0.1, -0.05) is 59.9 Å². The summed E-state index contributed by atoms with van der Waals surface area (Å²) >= 11 is 6.73. The fraction of sp³-hybridized carbons (Fsp3) is 0.0833. The van der Waals surface area contributed by atoms with Crippen LogP contribution in [0.4, 0.5) is 0 Å². The molecule has 4 rings (SSSR count). The highest BCUT2D eigenvalue weighted by Gasteiger charge is 2.13. The number of nitrogens with one attached hydrogen (secondary N) is 1. The van der Waals surface area contributed by atoms with Crippen LogP contribution in [0.1, 0.15) is 26.3 Å². The Balaban J connectivity index is 1.51. The first-order valence-electron chi connectivity index (χ1n) is 9.70. The van der Waals surface area contributed by atoms with Gasteiger partial charge in [-0.15, -0.1) is 0 Å². The first-order chi connectivity index (χ1) is 15.5. The van der Waals surface area contributed by atoms with E-state index < -0.39 is 0 Å². The van der Waals surface area contributed by atoms with E-state index in [1.807, 2.05) is 48.0 Å². The average molecular weight is 462 g/mol. The number of methoxy groups -OCH3 is 1. The van der Waals surface area contributed by atoms with E-state index in [0.29, 0.717) is 21.5 Å². The maximum Gasteiger partial charge on any atom is 0.257 e. The molecule has 8 heteroatoms. The van der Waals surface area contributed by atoms with Crippen molar-refractivity contribution in [3.8, 4) is 5.75 Å². The normalized spacial score (nSPS) is 11.4. The van der Waals surface area contributed by atoms with Crippen LogP contribution in [0.5, 0.6) is 5.75 Å². The Morgan fingerprint density at radius 1 is 0.938 bits per heavy atom. The van der Waals surface area contributed by atoms with Crippen LogP contribution in [-0.4, -0.2) is 28.5 Å². The lowest BCUT2D eigenvalue weighted by atomic mass is 10.0. The Hall–Kier alpha value is -3.62. The molecule has 0 aliphatic carbocycles. The lowest BCUT2D eigenvalue weighted by molar-refractivity contribution is 0.0975. The molecule has 0 bridgehead atoms. The summed E-state index contributed by atoms with van der Waals surface area (Å²) in [4.78, 5) is 30.1. The number of hydrogen-bond donors (Lipinski definition) is 1. The van der Waals surface area contributed by atoms with Gasteiger partial charge in [0, 0.05) is 23.7 Å². The summed E-state index contributed by atoms with van der Waals surface area (Å²) in [5.74, 6) is 0.248. The van der Waals surface area contributed by atoms with E-state index in [0.717, 1.165) is 16.0 Å². The molecular formula is C24H19N3O3S2. The topological polar surface area (TPSA) is 72.7 Å². The minimum absolute atomic E-state index is 0.0561. The average Bonchev–Trinajstić information content (AvgIpc) is 3.14. The van der Waals surface area contributed by atoms with E-state index in [9.17, 15) is 9.59 Å². The number of amides is 1. The van der Waals surface area contributed by atoms with Gasteiger partial charge in [0.05, 0.1) is 11.8 Å². The number of aryl methyl sites for hydroxylation is 1. The SMILES string of the molecule is COc1cccc2sc(=NC(=S)NC(=O)c3ccc(C(=O)c4ccccc4)cc3)n(C)c12. The molecule has 1 N–H and O–H groups in total. The molecule has 4 aromatic rings. The molecule has 160 valence electrons. The van der Waals surface area contributed by atoms with E-state index in [-0.39, 0.29) is 16.8 Å². The molecule has 0 spiro atoms. The molecule has 1 heterocycles. The van der Waals surface area contributed by atoms with Gasteiger partial charge in [0.15, 0.2) is 10.6 Å². The summed E-state index contributed by atoms with van der Waals surface area (Å²) in [7, 11) is 3.49. The third-order valence-corrected chi connectivity index (χ3v) is 6.16. The van der Waals surface area contributed by atoms with Crippen molar-refractivity contribution in [2.24, 2.45) is 12.0 Å². The number of ether oxygens (including phenoxy) is 1. The summed E-state index contributed by atoms with van der Waals surface area (Å²) in [5, 5.41) is 2.68. The Morgan fingerprint density at radius 3 is 2.28 bits per heavy atom. The second-order valence-corrected chi connectivity index (χ2v) is 8.29. The van der Waals surface area contributed by atoms with Crippen molar-refractivity contribution in [2.45, 2.75) is 0 Å². The predicted molar refractivity (Wildman–Crippen MR) is 129 cm³/mol. The van der Waals surface area contributed by atoms with E-state index in [4.69, 9.17) is 17.0 Å². The minimum Gasteiger partial charge on any atom is -0.495 e. The van der Waals surface area contributed by atoms with Crippen LogP contribution >= 0.6 is 23.6 Å². The van der Waals surface area contributed by atoms with Crippen LogP contribution in [-0.2, 0) is 7.05 Å². The summed E-state index contributed by atoms with van der Waals surface area (Å²) < 4.78 is 8.30. The van der Waals surface area contributed by atoms with Crippen LogP contribution < -0.4 is 14.9 Å². The van der Waals surface area contributed by atoms with Crippen molar-refractivity contribution in [1.29, 1.82) is 0 Å². The van der Waals surface area contributed by atoms with Gasteiger partial charge in [0.1, 0.15) is 11.3 Å². The van der Waals surface area contributed by atoms with Crippen LogP contribution in [0.3, 0.4) is 0 Å². The Labute approximate surface area is 193 Å². The van der Waals surface area contributed by atoms with Crippen molar-refractivity contribution in [2.75, 3.05) is 7.11 Å². The fourth-order valence-electron chi connectivity index (χ4n) is 3.25. The number of carbonyl (C=O) groups excluding carboxylic acids is 2. The second-order valence-electron chi connectivity index (χ2n) is 6.89. The van der Waals surface area contributed by atoms with Crippen molar-refractivity contribution >= 4 is 50.6 Å². The van der Waals surface area contributed by atoms with Crippen molar-refractivity contribution in [3.63, 3.8) is 0 Å². The van der Waals surface area contributed by atoms with Gasteiger partial charge in [0.2, 0.25) is 5.11 Å². The molecule has 0 atom stereocenters. The van der Waals surface area contributed by atoms with Crippen LogP contribution in [0.25, 0.3) is 10.2 Å². The molecule has 0 fully saturated rings. The summed E-state index contributed by atoms with van der Waals surface area (Å²) in [6.45, 7) is 0. The molecule has 1 amide bonds. The van der Waals surface area contributed by atoms with Crippen LogP contribution in [0.15, 0.2) is 77.8 Å². The zero-order valence-corrected chi connectivity index (χ0v) is 19.0. The number of ketones is 1. The molecule has 0 aliphatic heterocycles. The van der Waals surface area contributed by atoms with E-state index in [2.05, 4.69) is 10.3 Å². The van der Waals surface area contributed by atoms with Gasteiger partial charge in [-0.3, -0.25) is 14.9 Å². The van der Waals surface area contributed by atoms with E-state index in [1.54, 1.807) is 43.5 Å². The number of benzene rings is 3. The van der Waals surface area contributed by atoms with Gasteiger partial charge in [0.25, 0.3) is 5.91 Å². The third kappa shape index (κ3) is 4.37. The lowest BCUT2D eigenvalue weighted by Crippen LogP contribution is -2.29. The first kappa shape index (κ1) is 21.6. The van der Waals surface area contributed by atoms with Gasteiger partial charge < -0.3 is 9.30 Å². The standard InChI is InChI=1S/C24H19N3O3S2/c1-27-20-18(30-2)9-6-10-19(20)32-24(27)26-23(31)25-22(29)17-13-11-16(12-14-17)21(28)15-7-4-3-5-8-15/h3-14H,1-2H3,(H,25,29,31). The number of thiocarbonyl (C=S) groups is 1. The van der Waals surface area contributed by atoms with Crippen molar-refractivity contribution in [3.05, 3.63) is 94.3 Å². The molecule has 32 heavy (non-hydrogen) atoms. The highest BCUT2D eigenvalue weighted by Crippen LogP contribution is 2.26. The smallest absolute Gasteiger partial charge is 0.257 e. The highest BCUT2D eigenvalue weighted by molar-refractivity contribution is 7.80. The third-order valence-electron chi connectivity index (χ3n) is 4.87. The molecule has 0 saturated carbocycles. The predicted octanol–water partition coefficient (Wildman–Crippen LogP) is 4.10. The first-order valence-corrected chi connectivity index (χ1v) is 10.9. The Kier molecular flexibility index (Phi) is 6.25. The number of rotatable bonds is 4. The quantitative estimate of drug-likeness (QED) is 0.367. The maximum atomic E-state index is 12.6. The van der Waals surface area contributed by atoms with E-state index >= 15 is 0 Å². The van der Waals surface area contributed by atoms with Crippen LogP contribution in [0, 0.1) is 0 Å². The van der Waals surface area contributed by atoms with Crippen LogP contribution in [0.2, 0.25) is 0 Å². The highest BCUT2D eigenvalue weighted by atomic mass is 32.1. The van der Waals surface area contributed by atoms with Gasteiger partial charge in [-0.05, 0) is 36.5 Å². The van der Waals surface area contributed by atoms with Gasteiger partial charge >= 0.3 is 0 Å². The number of nitrogens with zero attached hydrogens (tertiary/aromatic N) is 2. The molecule has 6 nitrogen and oxygen atoms in total. The maximum absolute atomic E-state index is 12.6. The lowest BCUT2D eigenvalue weighted by Gasteiger charge is -2.05. The summed E-state index contributed by atoms with van der Waals surface area (Å²) in [6, 6.07) is 21.2. The number of fused-ring (bicyclic) bond motifs is 1. The number of thiazole rings is 1. The monoisotopic (exact) mass is 461 g/mol. The largest absolute Gasteiger partial charge is 0.495 e. The zero-order chi connectivity index (χ0) is 22.7. The zero-order valence-electron chi connectivity index (χ0n) is 17.4. The number of carbonyl (C=O) groups is 2. The molecule has 0 saturated heterocycles. The van der Waals surface area contributed by atoms with Gasteiger partial charge in [-0.2, -0.15) is 4.99 Å². The Bertz CT molecular complexity index is 1390. The van der Waals surface area contributed by atoms with Crippen molar-refractivity contribution < 1.29 is 14.3 Å². The summed E-state index contributed by atoms with van der Waals surface area (Å²) in [6.07, 6.45) is 0. The fourth-order valence-corrected chi connectivity index (χ4v) is 4.53. The van der Waals surface area contributed by atoms with Crippen molar-refractivity contribution in [1.82, 2.24) is 9.88 Å². The number of aromatic nitrogens is 1. The molecule has 0 radical (unpaired) electrons. The van der Waals surface area contributed by atoms with Gasteiger partial charge in [-0.25, -0.2) is 0 Å². The summed E-state index contributed by atoms with van der Waals surface area (Å²) in [5.41, 5.74) is 2.39.